The Morgan fingerprint density at radius 2 is 1.67 bits per heavy atom. The number of benzene rings is 3. The molecule has 6 nitrogen and oxygen atoms in total. The first-order chi connectivity index (χ1) is 17.0. The third-order valence-electron chi connectivity index (χ3n) is 6.45. The molecular formula is C28H26FN3O3S. The largest absolute Gasteiger partial charge is 0.361 e. The predicted octanol–water partition coefficient (Wildman–Crippen LogP) is 5.73. The van der Waals surface area contributed by atoms with Crippen LogP contribution in [0.1, 0.15) is 26.3 Å². The van der Waals surface area contributed by atoms with Gasteiger partial charge < -0.3 is 9.55 Å². The molecule has 0 spiro atoms. The lowest BCUT2D eigenvalue weighted by Crippen LogP contribution is -2.26. The first-order valence-electron chi connectivity index (χ1n) is 11.5. The Kier molecular flexibility index (Phi) is 5.52. The average Bonchev–Trinajstić information content (AvgIpc) is 3.30. The number of pyridine rings is 1. The summed E-state index contributed by atoms with van der Waals surface area (Å²) in [6.45, 7) is 6.39. The van der Waals surface area contributed by atoms with Gasteiger partial charge in [0.05, 0.1) is 21.8 Å². The van der Waals surface area contributed by atoms with E-state index in [-0.39, 0.29) is 21.1 Å². The number of hydrogen-bond donors (Lipinski definition) is 1. The van der Waals surface area contributed by atoms with Crippen molar-refractivity contribution >= 4 is 37.5 Å². The van der Waals surface area contributed by atoms with Gasteiger partial charge in [-0.1, -0.05) is 20.8 Å². The third kappa shape index (κ3) is 3.97. The Labute approximate surface area is 208 Å². The van der Waals surface area contributed by atoms with Crippen LogP contribution in [0.15, 0.2) is 88.8 Å². The summed E-state index contributed by atoms with van der Waals surface area (Å²) >= 11 is 0. The Morgan fingerprint density at radius 3 is 2.36 bits per heavy atom. The van der Waals surface area contributed by atoms with Crippen molar-refractivity contribution in [3.05, 3.63) is 101 Å². The zero-order chi connectivity index (χ0) is 25.8. The molecule has 0 fully saturated rings. The van der Waals surface area contributed by atoms with Crippen LogP contribution in [0.4, 0.5) is 10.1 Å². The van der Waals surface area contributed by atoms with Crippen LogP contribution in [-0.2, 0) is 15.4 Å². The predicted molar refractivity (Wildman–Crippen MR) is 142 cm³/mol. The van der Waals surface area contributed by atoms with E-state index in [9.17, 15) is 17.6 Å². The minimum atomic E-state index is -3.99. The summed E-state index contributed by atoms with van der Waals surface area (Å²) in [4.78, 5) is 16.1. The van der Waals surface area contributed by atoms with Crippen molar-refractivity contribution in [1.29, 1.82) is 0 Å². The topological polar surface area (TPSA) is 75.2 Å². The van der Waals surface area contributed by atoms with Crippen LogP contribution in [0, 0.1) is 5.82 Å². The second-order valence-corrected chi connectivity index (χ2v) is 11.8. The molecule has 2 heterocycles. The molecule has 0 radical (unpaired) electrons. The number of aromatic nitrogens is 2. The van der Waals surface area contributed by atoms with Gasteiger partial charge in [0.1, 0.15) is 5.82 Å². The number of sulfonamides is 1. The molecule has 0 unspecified atom stereocenters. The quantitative estimate of drug-likeness (QED) is 0.340. The van der Waals surface area contributed by atoms with Gasteiger partial charge in [0.15, 0.2) is 5.43 Å². The Bertz CT molecular complexity index is 1780. The van der Waals surface area contributed by atoms with Gasteiger partial charge in [-0.05, 0) is 77.0 Å². The van der Waals surface area contributed by atoms with Gasteiger partial charge in [0, 0.05) is 36.4 Å². The van der Waals surface area contributed by atoms with E-state index >= 15 is 0 Å². The van der Waals surface area contributed by atoms with E-state index < -0.39 is 15.8 Å². The van der Waals surface area contributed by atoms with E-state index in [0.717, 1.165) is 26.5 Å². The van der Waals surface area contributed by atoms with Crippen molar-refractivity contribution in [2.24, 2.45) is 0 Å². The Hall–Kier alpha value is -3.91. The number of nitrogens with zero attached hydrogens (tertiary/aromatic N) is 2. The highest BCUT2D eigenvalue weighted by atomic mass is 32.2. The molecule has 0 bridgehead atoms. The monoisotopic (exact) mass is 503 g/mol. The fourth-order valence-electron chi connectivity index (χ4n) is 4.44. The standard InChI is InChI=1S/C28H26FN3O3S/c1-28(2,3)23-15-18-11-13-30-24(18)17-26(23)32-14-12-27(33)22-16-21(9-10-25(22)32)36(34,35)31(4)20-7-5-19(29)6-8-20/h5-17,30H,1-4H3. The number of fused-ring (bicyclic) bond motifs is 2. The van der Waals surface area contributed by atoms with E-state index in [1.807, 2.05) is 22.9 Å². The first-order valence-corrected chi connectivity index (χ1v) is 12.9. The van der Waals surface area contributed by atoms with E-state index in [1.54, 1.807) is 12.3 Å². The number of aromatic amines is 1. The van der Waals surface area contributed by atoms with E-state index in [0.29, 0.717) is 11.2 Å². The van der Waals surface area contributed by atoms with E-state index in [4.69, 9.17) is 0 Å². The van der Waals surface area contributed by atoms with Crippen LogP contribution in [0.3, 0.4) is 0 Å². The molecule has 1 N–H and O–H groups in total. The lowest BCUT2D eigenvalue weighted by atomic mass is 9.85. The highest BCUT2D eigenvalue weighted by Crippen LogP contribution is 2.34. The Balaban J connectivity index is 1.69. The van der Waals surface area contributed by atoms with Crippen molar-refractivity contribution in [3.63, 3.8) is 0 Å². The van der Waals surface area contributed by atoms with Crippen molar-refractivity contribution in [2.45, 2.75) is 31.1 Å². The number of rotatable bonds is 4. The van der Waals surface area contributed by atoms with Gasteiger partial charge in [-0.2, -0.15) is 0 Å². The molecule has 3 aromatic carbocycles. The molecule has 8 heteroatoms. The minimum absolute atomic E-state index is 0.0208. The maximum Gasteiger partial charge on any atom is 0.264 e. The smallest absolute Gasteiger partial charge is 0.264 e. The SMILES string of the molecule is CN(c1ccc(F)cc1)S(=O)(=O)c1ccc2c(c1)c(=O)ccn2-c1cc2[nH]ccc2cc1C(C)(C)C. The second kappa shape index (κ2) is 8.34. The maximum absolute atomic E-state index is 13.3. The van der Waals surface area contributed by atoms with Crippen LogP contribution in [-0.4, -0.2) is 25.0 Å². The highest BCUT2D eigenvalue weighted by molar-refractivity contribution is 7.92. The number of hydrogen-bond acceptors (Lipinski definition) is 3. The maximum atomic E-state index is 13.3. The number of H-pyrrole nitrogens is 1. The molecule has 0 aliphatic heterocycles. The van der Waals surface area contributed by atoms with Crippen LogP contribution < -0.4 is 9.73 Å². The molecule has 2 aromatic heterocycles. The molecule has 5 rings (SSSR count). The van der Waals surface area contributed by atoms with Crippen molar-refractivity contribution in [1.82, 2.24) is 9.55 Å². The minimum Gasteiger partial charge on any atom is -0.361 e. The Morgan fingerprint density at radius 1 is 0.944 bits per heavy atom. The first kappa shape index (κ1) is 23.8. The molecule has 184 valence electrons. The lowest BCUT2D eigenvalue weighted by molar-refractivity contribution is 0.587. The van der Waals surface area contributed by atoms with Gasteiger partial charge in [-0.15, -0.1) is 0 Å². The van der Waals surface area contributed by atoms with Gasteiger partial charge >= 0.3 is 0 Å². The van der Waals surface area contributed by atoms with E-state index in [2.05, 4.69) is 31.8 Å². The van der Waals surface area contributed by atoms with Crippen LogP contribution >= 0.6 is 0 Å². The number of nitrogens with one attached hydrogen (secondary N) is 1. The summed E-state index contributed by atoms with van der Waals surface area (Å²) in [6, 6.07) is 17.4. The second-order valence-electron chi connectivity index (χ2n) is 9.86. The number of anilines is 1. The van der Waals surface area contributed by atoms with Crippen molar-refractivity contribution < 1.29 is 12.8 Å². The zero-order valence-electron chi connectivity index (χ0n) is 20.4. The van der Waals surface area contributed by atoms with E-state index in [1.165, 1.54) is 49.5 Å². The molecule has 0 saturated carbocycles. The third-order valence-corrected chi connectivity index (χ3v) is 8.24. The van der Waals surface area contributed by atoms with Crippen molar-refractivity contribution in [3.8, 4) is 5.69 Å². The fourth-order valence-corrected chi connectivity index (χ4v) is 5.66. The van der Waals surface area contributed by atoms with Crippen LogP contribution in [0.2, 0.25) is 0 Å². The molecular weight excluding hydrogens is 477 g/mol. The highest BCUT2D eigenvalue weighted by Gasteiger charge is 2.24. The lowest BCUT2D eigenvalue weighted by Gasteiger charge is -2.25. The van der Waals surface area contributed by atoms with Crippen LogP contribution in [0.5, 0.6) is 0 Å². The summed E-state index contributed by atoms with van der Waals surface area (Å²) in [5, 5.41) is 1.38. The normalized spacial score (nSPS) is 12.4. The zero-order valence-corrected chi connectivity index (χ0v) is 21.2. The number of halogens is 1. The molecule has 5 aromatic rings. The molecule has 0 saturated heterocycles. The summed E-state index contributed by atoms with van der Waals surface area (Å²) in [6.07, 6.45) is 3.61. The molecule has 36 heavy (non-hydrogen) atoms. The molecule has 0 amide bonds. The van der Waals surface area contributed by atoms with Gasteiger partial charge in [0.2, 0.25) is 0 Å². The van der Waals surface area contributed by atoms with Gasteiger partial charge in [0.25, 0.3) is 10.0 Å². The van der Waals surface area contributed by atoms with Crippen LogP contribution in [0.25, 0.3) is 27.5 Å². The molecule has 0 atom stereocenters. The average molecular weight is 504 g/mol. The fraction of sp³-hybridized carbons (Fsp3) is 0.179. The summed E-state index contributed by atoms with van der Waals surface area (Å²) in [7, 11) is -2.59. The van der Waals surface area contributed by atoms with Gasteiger partial charge in [-0.25, -0.2) is 12.8 Å². The van der Waals surface area contributed by atoms with Crippen molar-refractivity contribution in [2.75, 3.05) is 11.4 Å². The summed E-state index contributed by atoms with van der Waals surface area (Å²) in [5.41, 5.74) is 3.41. The summed E-state index contributed by atoms with van der Waals surface area (Å²) in [5.74, 6) is -0.456. The molecule has 0 aliphatic carbocycles. The molecule has 0 aliphatic rings. The summed E-state index contributed by atoms with van der Waals surface area (Å²) < 4.78 is 43.0. The van der Waals surface area contributed by atoms with Gasteiger partial charge in [-0.3, -0.25) is 9.10 Å².